The lowest BCUT2D eigenvalue weighted by Gasteiger charge is -2.25. The molecule has 0 spiro atoms. The zero-order chi connectivity index (χ0) is 29.9. The van der Waals surface area contributed by atoms with Gasteiger partial charge in [0.1, 0.15) is 10.8 Å². The van der Waals surface area contributed by atoms with Crippen LogP contribution < -0.4 is 15.4 Å². The minimum atomic E-state index is -0.859. The van der Waals surface area contributed by atoms with Gasteiger partial charge in [-0.05, 0) is 61.7 Å². The third-order valence-corrected chi connectivity index (χ3v) is 7.88. The van der Waals surface area contributed by atoms with E-state index in [4.69, 9.17) is 4.74 Å². The van der Waals surface area contributed by atoms with E-state index in [1.165, 1.54) is 11.3 Å². The Hall–Kier alpha value is -4.05. The Balaban J connectivity index is 1.44. The smallest absolute Gasteiger partial charge is 0.254 e. The molecule has 0 saturated heterocycles. The van der Waals surface area contributed by atoms with Crippen molar-refractivity contribution in [2.75, 3.05) is 20.2 Å². The molecular formula is C33H38N4O4S. The summed E-state index contributed by atoms with van der Waals surface area (Å²) in [5, 5.41) is 20.3. The van der Waals surface area contributed by atoms with Crippen LogP contribution in [-0.2, 0) is 19.5 Å². The normalized spacial score (nSPS) is 12.4. The van der Waals surface area contributed by atoms with Gasteiger partial charge in [-0.25, -0.2) is 4.98 Å². The van der Waals surface area contributed by atoms with Crippen molar-refractivity contribution in [2.24, 2.45) is 0 Å². The molecule has 8 nitrogen and oxygen atoms in total. The molecule has 0 fully saturated rings. The molecule has 2 amide bonds. The molecule has 9 heteroatoms. The van der Waals surface area contributed by atoms with Crippen LogP contribution in [0.15, 0.2) is 84.2 Å². The van der Waals surface area contributed by atoms with E-state index in [0.717, 1.165) is 27.6 Å². The quantitative estimate of drug-likeness (QED) is 0.199. The number of rotatable bonds is 14. The second-order valence-electron chi connectivity index (χ2n) is 10.1. The van der Waals surface area contributed by atoms with Crippen LogP contribution in [0.4, 0.5) is 0 Å². The van der Waals surface area contributed by atoms with Crippen LogP contribution in [0.1, 0.15) is 49.5 Å². The van der Waals surface area contributed by atoms with E-state index in [1.807, 2.05) is 73.8 Å². The summed E-state index contributed by atoms with van der Waals surface area (Å²) >= 11 is 1.53. The third-order valence-electron chi connectivity index (χ3n) is 6.93. The van der Waals surface area contributed by atoms with E-state index >= 15 is 0 Å². The number of nitrogens with zero attached hydrogens (tertiary/aromatic N) is 2. The van der Waals surface area contributed by atoms with Crippen LogP contribution in [0.25, 0.3) is 0 Å². The van der Waals surface area contributed by atoms with Crippen molar-refractivity contribution in [3.63, 3.8) is 0 Å². The molecule has 4 aromatic rings. The Morgan fingerprint density at radius 1 is 1.00 bits per heavy atom. The molecule has 220 valence electrons. The van der Waals surface area contributed by atoms with Crippen LogP contribution in [-0.4, -0.2) is 59.1 Å². The SMILES string of the molecule is CCN(Cc1nc(C)cs1)C(=O)c1cccc(C(=O)NC(Cc2ccccc2)C(O)CNCc2cccc(OC)c2)c1. The lowest BCUT2D eigenvalue weighted by molar-refractivity contribution is 0.0752. The molecule has 42 heavy (non-hydrogen) atoms. The van der Waals surface area contributed by atoms with Crippen molar-refractivity contribution in [1.82, 2.24) is 20.5 Å². The van der Waals surface area contributed by atoms with E-state index in [2.05, 4.69) is 15.6 Å². The number of benzene rings is 3. The first-order chi connectivity index (χ1) is 20.4. The van der Waals surface area contributed by atoms with Gasteiger partial charge in [-0.15, -0.1) is 11.3 Å². The number of aryl methyl sites for hydroxylation is 1. The van der Waals surface area contributed by atoms with Gasteiger partial charge >= 0.3 is 0 Å². The number of methoxy groups -OCH3 is 1. The van der Waals surface area contributed by atoms with Gasteiger partial charge in [-0.3, -0.25) is 9.59 Å². The summed E-state index contributed by atoms with van der Waals surface area (Å²) in [5.74, 6) is 0.253. The molecular weight excluding hydrogens is 548 g/mol. The summed E-state index contributed by atoms with van der Waals surface area (Å²) in [4.78, 5) is 32.9. The molecule has 2 unspecified atom stereocenters. The highest BCUT2D eigenvalue weighted by Crippen LogP contribution is 2.16. The molecule has 2 atom stereocenters. The van der Waals surface area contributed by atoms with E-state index in [-0.39, 0.29) is 18.4 Å². The first-order valence-corrected chi connectivity index (χ1v) is 14.9. The molecule has 1 aromatic heterocycles. The van der Waals surface area contributed by atoms with Crippen LogP contribution in [0.2, 0.25) is 0 Å². The van der Waals surface area contributed by atoms with Gasteiger partial charge in [0.15, 0.2) is 0 Å². The number of aliphatic hydroxyl groups is 1. The summed E-state index contributed by atoms with van der Waals surface area (Å²) in [6.07, 6.45) is -0.411. The Kier molecular flexibility index (Phi) is 11.2. The fourth-order valence-corrected chi connectivity index (χ4v) is 5.42. The maximum atomic E-state index is 13.4. The van der Waals surface area contributed by atoms with Crippen molar-refractivity contribution in [2.45, 2.75) is 45.5 Å². The fraction of sp³-hybridized carbons (Fsp3) is 0.303. The molecule has 0 aliphatic rings. The van der Waals surface area contributed by atoms with Crippen molar-refractivity contribution >= 4 is 23.2 Å². The van der Waals surface area contributed by atoms with Gasteiger partial charge < -0.3 is 25.4 Å². The molecule has 0 aliphatic carbocycles. The number of hydrogen-bond donors (Lipinski definition) is 3. The summed E-state index contributed by atoms with van der Waals surface area (Å²) in [5.41, 5.74) is 3.74. The minimum Gasteiger partial charge on any atom is -0.497 e. The van der Waals surface area contributed by atoms with E-state index in [0.29, 0.717) is 37.2 Å². The molecule has 0 radical (unpaired) electrons. The highest BCUT2D eigenvalue weighted by Gasteiger charge is 2.23. The lowest BCUT2D eigenvalue weighted by atomic mass is 10.00. The maximum absolute atomic E-state index is 13.4. The Labute approximate surface area is 251 Å². The first kappa shape index (κ1) is 30.9. The Morgan fingerprint density at radius 3 is 2.45 bits per heavy atom. The van der Waals surface area contributed by atoms with Gasteiger partial charge in [0.2, 0.25) is 0 Å². The lowest BCUT2D eigenvalue weighted by Crippen LogP contribution is -2.48. The van der Waals surface area contributed by atoms with Gasteiger partial charge in [0.25, 0.3) is 11.8 Å². The molecule has 3 N–H and O–H groups in total. The van der Waals surface area contributed by atoms with Gasteiger partial charge in [0.05, 0.1) is 25.8 Å². The second-order valence-corrected chi connectivity index (χ2v) is 11.0. The highest BCUT2D eigenvalue weighted by molar-refractivity contribution is 7.09. The van der Waals surface area contributed by atoms with Gasteiger partial charge in [-0.2, -0.15) is 0 Å². The number of ether oxygens (including phenoxy) is 1. The standard InChI is InChI=1S/C33H38N4O4S/c1-4-37(21-31-35-23(2)22-42-31)33(40)27-14-9-13-26(18-27)32(39)36-29(17-24-10-6-5-7-11-24)30(38)20-34-19-25-12-8-15-28(16-25)41-3/h5-16,18,22,29-30,34,38H,4,17,19-21H2,1-3H3,(H,36,39). The Morgan fingerprint density at radius 2 is 1.74 bits per heavy atom. The summed E-state index contributed by atoms with van der Waals surface area (Å²) < 4.78 is 5.29. The van der Waals surface area contributed by atoms with Crippen LogP contribution >= 0.6 is 11.3 Å². The molecule has 0 bridgehead atoms. The second kappa shape index (κ2) is 15.3. The molecule has 0 aliphatic heterocycles. The highest BCUT2D eigenvalue weighted by atomic mass is 32.1. The predicted molar refractivity (Wildman–Crippen MR) is 166 cm³/mol. The fourth-order valence-electron chi connectivity index (χ4n) is 4.63. The monoisotopic (exact) mass is 586 g/mol. The number of carbonyl (C=O) groups is 2. The van der Waals surface area contributed by atoms with Crippen LogP contribution in [0, 0.1) is 6.92 Å². The topological polar surface area (TPSA) is 104 Å². The number of aliphatic hydroxyl groups excluding tert-OH is 1. The van der Waals surface area contributed by atoms with E-state index in [1.54, 1.807) is 36.3 Å². The molecule has 3 aromatic carbocycles. The summed E-state index contributed by atoms with van der Waals surface area (Å²) in [6.45, 7) is 5.60. The summed E-state index contributed by atoms with van der Waals surface area (Å²) in [6, 6.07) is 23.6. The zero-order valence-electron chi connectivity index (χ0n) is 24.2. The van der Waals surface area contributed by atoms with Crippen molar-refractivity contribution in [1.29, 1.82) is 0 Å². The molecule has 4 rings (SSSR count). The average Bonchev–Trinajstić information content (AvgIpc) is 3.44. The number of aromatic nitrogens is 1. The number of nitrogens with one attached hydrogen (secondary N) is 2. The number of carbonyl (C=O) groups excluding carboxylic acids is 2. The number of thiazole rings is 1. The minimum absolute atomic E-state index is 0.164. The average molecular weight is 587 g/mol. The van der Waals surface area contributed by atoms with E-state index < -0.39 is 12.1 Å². The van der Waals surface area contributed by atoms with Crippen LogP contribution in [0.3, 0.4) is 0 Å². The molecule has 0 saturated carbocycles. The van der Waals surface area contributed by atoms with Crippen molar-refractivity contribution in [3.05, 3.63) is 117 Å². The third kappa shape index (κ3) is 8.72. The number of hydrogen-bond acceptors (Lipinski definition) is 7. The Bertz CT molecular complexity index is 1460. The largest absolute Gasteiger partial charge is 0.497 e. The first-order valence-electron chi connectivity index (χ1n) is 14.0. The van der Waals surface area contributed by atoms with Crippen LogP contribution in [0.5, 0.6) is 5.75 Å². The van der Waals surface area contributed by atoms with E-state index in [9.17, 15) is 14.7 Å². The van der Waals surface area contributed by atoms with Gasteiger partial charge in [-0.1, -0.05) is 48.5 Å². The summed E-state index contributed by atoms with van der Waals surface area (Å²) in [7, 11) is 1.63. The van der Waals surface area contributed by atoms with Gasteiger partial charge in [0, 0.05) is 41.8 Å². The van der Waals surface area contributed by atoms with Crippen molar-refractivity contribution in [3.8, 4) is 5.75 Å². The maximum Gasteiger partial charge on any atom is 0.254 e. The van der Waals surface area contributed by atoms with Crippen molar-refractivity contribution < 1.29 is 19.4 Å². The molecule has 1 heterocycles. The zero-order valence-corrected chi connectivity index (χ0v) is 25.1. The number of amides is 2. The predicted octanol–water partition coefficient (Wildman–Crippen LogP) is 4.61.